The molecule has 0 atom stereocenters. The number of aryl methyl sites for hydroxylation is 1. The maximum absolute atomic E-state index is 12.2. The van der Waals surface area contributed by atoms with E-state index in [0.29, 0.717) is 25.7 Å². The van der Waals surface area contributed by atoms with Crippen molar-refractivity contribution in [3.05, 3.63) is 59.2 Å². The van der Waals surface area contributed by atoms with Gasteiger partial charge in [-0.2, -0.15) is 0 Å². The molecule has 0 saturated heterocycles. The van der Waals surface area contributed by atoms with Crippen molar-refractivity contribution in [2.45, 2.75) is 38.8 Å². The van der Waals surface area contributed by atoms with Gasteiger partial charge in [0, 0.05) is 32.7 Å². The summed E-state index contributed by atoms with van der Waals surface area (Å²) >= 11 is 0. The predicted molar refractivity (Wildman–Crippen MR) is 121 cm³/mol. The van der Waals surface area contributed by atoms with Crippen molar-refractivity contribution in [3.63, 3.8) is 0 Å². The molecule has 2 aromatic carbocycles. The lowest BCUT2D eigenvalue weighted by Crippen LogP contribution is -2.36. The normalized spacial score (nSPS) is 12.1. The van der Waals surface area contributed by atoms with E-state index in [4.69, 9.17) is 4.74 Å². The molecular weight excluding hydrogens is 400 g/mol. The molecule has 0 aliphatic rings. The second kappa shape index (κ2) is 11.0. The minimum Gasteiger partial charge on any atom is -0.494 e. The summed E-state index contributed by atoms with van der Waals surface area (Å²) in [7, 11) is -0.382. The average molecular weight is 433 g/mol. The van der Waals surface area contributed by atoms with Gasteiger partial charge in [0.1, 0.15) is 5.75 Å². The van der Waals surface area contributed by atoms with E-state index in [-0.39, 0.29) is 4.90 Å². The number of sulfonamides is 1. The molecule has 0 aromatic heterocycles. The van der Waals surface area contributed by atoms with Crippen molar-refractivity contribution in [1.29, 1.82) is 0 Å². The van der Waals surface area contributed by atoms with E-state index in [1.165, 1.54) is 18.4 Å². The van der Waals surface area contributed by atoms with Gasteiger partial charge < -0.3 is 15.4 Å². The van der Waals surface area contributed by atoms with E-state index in [0.717, 1.165) is 29.0 Å². The van der Waals surface area contributed by atoms with Gasteiger partial charge in [0.2, 0.25) is 10.0 Å². The topological polar surface area (TPSA) is 83.0 Å². The number of benzene rings is 2. The summed E-state index contributed by atoms with van der Waals surface area (Å²) in [5.41, 5.74) is 3.14. The first-order valence-corrected chi connectivity index (χ1v) is 11.5. The third kappa shape index (κ3) is 6.47. The van der Waals surface area contributed by atoms with E-state index in [1.54, 1.807) is 24.3 Å². The van der Waals surface area contributed by atoms with Crippen LogP contribution in [0, 0.1) is 6.92 Å². The van der Waals surface area contributed by atoms with Gasteiger partial charge in [0.05, 0.1) is 18.0 Å². The van der Waals surface area contributed by atoms with Gasteiger partial charge in [0.25, 0.3) is 0 Å². The van der Waals surface area contributed by atoms with Gasteiger partial charge >= 0.3 is 0 Å². The Morgan fingerprint density at radius 3 is 2.37 bits per heavy atom. The standard InChI is InChI=1S/C22H32N4O3S/c1-6-23-22(25-16-19-11-8-17(3)14-21(19)29-7-2)24-15-18-9-12-20(13-10-18)30(27,28)26(4)5/h8-14H,6-7,15-16H2,1-5H3,(H2,23,24,25). The van der Waals surface area contributed by atoms with Crippen LogP contribution in [0.2, 0.25) is 0 Å². The number of hydrogen-bond donors (Lipinski definition) is 2. The van der Waals surface area contributed by atoms with Gasteiger partial charge in [-0.3, -0.25) is 0 Å². The van der Waals surface area contributed by atoms with Crippen LogP contribution in [0.3, 0.4) is 0 Å². The molecule has 2 N–H and O–H groups in total. The Morgan fingerprint density at radius 1 is 1.07 bits per heavy atom. The largest absolute Gasteiger partial charge is 0.494 e. The van der Waals surface area contributed by atoms with Crippen molar-refractivity contribution in [2.24, 2.45) is 4.99 Å². The fourth-order valence-electron chi connectivity index (χ4n) is 2.77. The van der Waals surface area contributed by atoms with Gasteiger partial charge in [-0.15, -0.1) is 0 Å². The number of nitrogens with zero attached hydrogens (tertiary/aromatic N) is 2. The highest BCUT2D eigenvalue weighted by Gasteiger charge is 2.16. The smallest absolute Gasteiger partial charge is 0.242 e. The van der Waals surface area contributed by atoms with Crippen LogP contribution in [0.5, 0.6) is 5.75 Å². The van der Waals surface area contributed by atoms with E-state index in [1.807, 2.05) is 26.8 Å². The van der Waals surface area contributed by atoms with Crippen molar-refractivity contribution < 1.29 is 13.2 Å². The van der Waals surface area contributed by atoms with Crippen LogP contribution >= 0.6 is 0 Å². The van der Waals surface area contributed by atoms with E-state index >= 15 is 0 Å². The molecule has 0 saturated carbocycles. The van der Waals surface area contributed by atoms with E-state index in [2.05, 4.69) is 27.8 Å². The maximum atomic E-state index is 12.2. The highest BCUT2D eigenvalue weighted by atomic mass is 32.2. The second-order valence-electron chi connectivity index (χ2n) is 7.02. The Balaban J connectivity index is 2.08. The first-order chi connectivity index (χ1) is 14.3. The summed E-state index contributed by atoms with van der Waals surface area (Å²) in [6, 6.07) is 13.0. The molecule has 0 fully saturated rings. The zero-order valence-corrected chi connectivity index (χ0v) is 19.2. The highest BCUT2D eigenvalue weighted by molar-refractivity contribution is 7.89. The average Bonchev–Trinajstić information content (AvgIpc) is 2.71. The third-order valence-electron chi connectivity index (χ3n) is 4.43. The molecule has 0 heterocycles. The lowest BCUT2D eigenvalue weighted by molar-refractivity contribution is 0.336. The molecule has 0 amide bonds. The Hall–Kier alpha value is -2.58. The Labute approximate surface area is 180 Å². The van der Waals surface area contributed by atoms with Crippen molar-refractivity contribution in [3.8, 4) is 5.75 Å². The van der Waals surface area contributed by atoms with Crippen LogP contribution in [0.4, 0.5) is 0 Å². The van der Waals surface area contributed by atoms with Gasteiger partial charge in [-0.05, 0) is 50.1 Å². The monoisotopic (exact) mass is 432 g/mol. The van der Waals surface area contributed by atoms with Crippen molar-refractivity contribution >= 4 is 16.0 Å². The summed E-state index contributed by atoms with van der Waals surface area (Å²) in [6.45, 7) is 8.39. The first-order valence-electron chi connectivity index (χ1n) is 10.0. The van der Waals surface area contributed by atoms with E-state index < -0.39 is 10.0 Å². The summed E-state index contributed by atoms with van der Waals surface area (Å²) in [5.74, 6) is 1.56. The Kier molecular flexibility index (Phi) is 8.68. The van der Waals surface area contributed by atoms with Crippen molar-refractivity contribution in [2.75, 3.05) is 27.2 Å². The van der Waals surface area contributed by atoms with Gasteiger partial charge in [0.15, 0.2) is 5.96 Å². The lowest BCUT2D eigenvalue weighted by atomic mass is 10.1. The zero-order valence-electron chi connectivity index (χ0n) is 18.4. The number of ether oxygens (including phenoxy) is 1. The number of rotatable bonds is 9. The predicted octanol–water partition coefficient (Wildman–Crippen LogP) is 2.90. The third-order valence-corrected chi connectivity index (χ3v) is 6.26. The molecule has 30 heavy (non-hydrogen) atoms. The summed E-state index contributed by atoms with van der Waals surface area (Å²) in [5, 5.41) is 6.56. The van der Waals surface area contributed by atoms with Crippen LogP contribution in [0.25, 0.3) is 0 Å². The molecule has 7 nitrogen and oxygen atoms in total. The second-order valence-corrected chi connectivity index (χ2v) is 9.18. The molecule has 2 aromatic rings. The Morgan fingerprint density at radius 2 is 1.77 bits per heavy atom. The molecule has 0 radical (unpaired) electrons. The van der Waals surface area contributed by atoms with Gasteiger partial charge in [-0.1, -0.05) is 24.3 Å². The zero-order chi connectivity index (χ0) is 22.1. The SMILES string of the molecule is CCNC(=NCc1ccc(S(=O)(=O)N(C)C)cc1)NCc1ccc(C)cc1OCC. The number of guanidine groups is 1. The van der Waals surface area contributed by atoms with Crippen LogP contribution < -0.4 is 15.4 Å². The molecular formula is C22H32N4O3S. The lowest BCUT2D eigenvalue weighted by Gasteiger charge is -2.15. The van der Waals surface area contributed by atoms with E-state index in [9.17, 15) is 8.42 Å². The molecule has 2 rings (SSSR count). The molecule has 164 valence electrons. The Bertz CT molecular complexity index is 955. The van der Waals surface area contributed by atoms with Crippen LogP contribution in [-0.4, -0.2) is 45.9 Å². The molecule has 8 heteroatoms. The van der Waals surface area contributed by atoms with Gasteiger partial charge in [-0.25, -0.2) is 17.7 Å². The molecule has 0 spiro atoms. The maximum Gasteiger partial charge on any atom is 0.242 e. The van der Waals surface area contributed by atoms with Crippen LogP contribution in [-0.2, 0) is 23.1 Å². The first kappa shape index (κ1) is 23.7. The van der Waals surface area contributed by atoms with Crippen LogP contribution in [0.15, 0.2) is 52.4 Å². The van der Waals surface area contributed by atoms with Crippen LogP contribution in [0.1, 0.15) is 30.5 Å². The molecule has 0 aliphatic heterocycles. The summed E-state index contributed by atoms with van der Waals surface area (Å²) < 4.78 is 31.3. The summed E-state index contributed by atoms with van der Waals surface area (Å²) in [4.78, 5) is 4.88. The fourth-order valence-corrected chi connectivity index (χ4v) is 3.67. The highest BCUT2D eigenvalue weighted by Crippen LogP contribution is 2.20. The minimum atomic E-state index is -3.42. The molecule has 0 bridgehead atoms. The number of aliphatic imine (C=N–C) groups is 1. The minimum absolute atomic E-state index is 0.271. The molecule has 0 aliphatic carbocycles. The fraction of sp³-hybridized carbons (Fsp3) is 0.409. The van der Waals surface area contributed by atoms with Crippen molar-refractivity contribution in [1.82, 2.24) is 14.9 Å². The number of hydrogen-bond acceptors (Lipinski definition) is 4. The summed E-state index contributed by atoms with van der Waals surface area (Å²) in [6.07, 6.45) is 0. The quantitative estimate of drug-likeness (QED) is 0.470. The number of nitrogens with one attached hydrogen (secondary N) is 2. The molecule has 0 unspecified atom stereocenters.